The topological polar surface area (TPSA) is 15.7 Å². The van der Waals surface area contributed by atoms with Gasteiger partial charge in [-0.2, -0.15) is 0 Å². The predicted octanol–water partition coefficient (Wildman–Crippen LogP) is 5.17. The van der Waals surface area contributed by atoms with Crippen molar-refractivity contribution in [3.63, 3.8) is 0 Å². The molecule has 0 aliphatic rings. The number of nitrogens with zero attached hydrogens (tertiary/aromatic N) is 2. The van der Waals surface area contributed by atoms with E-state index in [0.717, 1.165) is 22.9 Å². The first-order valence-electron chi connectivity index (χ1n) is 8.22. The summed E-state index contributed by atoms with van der Waals surface area (Å²) in [5.41, 5.74) is 2.32. The molecule has 0 atom stereocenters. The molecular formula is C20H28N2O. The first-order valence-corrected chi connectivity index (χ1v) is 8.22. The van der Waals surface area contributed by atoms with Gasteiger partial charge in [0.05, 0.1) is 0 Å². The molecule has 0 saturated carbocycles. The molecule has 0 heterocycles. The van der Waals surface area contributed by atoms with E-state index in [1.54, 1.807) is 0 Å². The Morgan fingerprint density at radius 1 is 0.696 bits per heavy atom. The standard InChI is InChI=1S/C20H28N2O/c1-15(2)21(5)17-9-7-11-19(13-17)23-20-12-8-10-18(14-20)22(6)16(3)4/h7-16H,1-6H3. The summed E-state index contributed by atoms with van der Waals surface area (Å²) < 4.78 is 6.07. The van der Waals surface area contributed by atoms with Gasteiger partial charge < -0.3 is 14.5 Å². The fourth-order valence-corrected chi connectivity index (χ4v) is 2.27. The Hall–Kier alpha value is -2.16. The monoisotopic (exact) mass is 312 g/mol. The van der Waals surface area contributed by atoms with Crippen LogP contribution in [-0.4, -0.2) is 26.2 Å². The summed E-state index contributed by atoms with van der Waals surface area (Å²) >= 11 is 0. The third-order valence-corrected chi connectivity index (χ3v) is 4.23. The zero-order valence-electron chi connectivity index (χ0n) is 15.1. The number of rotatable bonds is 6. The molecular weight excluding hydrogens is 284 g/mol. The predicted molar refractivity (Wildman–Crippen MR) is 100 cm³/mol. The molecule has 3 nitrogen and oxygen atoms in total. The lowest BCUT2D eigenvalue weighted by Gasteiger charge is -2.25. The lowest BCUT2D eigenvalue weighted by atomic mass is 10.2. The number of hydrogen-bond donors (Lipinski definition) is 0. The molecule has 0 aliphatic heterocycles. The van der Waals surface area contributed by atoms with Crippen LogP contribution < -0.4 is 14.5 Å². The minimum Gasteiger partial charge on any atom is -0.457 e. The van der Waals surface area contributed by atoms with Crippen molar-refractivity contribution in [2.24, 2.45) is 0 Å². The largest absolute Gasteiger partial charge is 0.457 e. The van der Waals surface area contributed by atoms with Gasteiger partial charge in [-0.1, -0.05) is 12.1 Å². The van der Waals surface area contributed by atoms with E-state index in [4.69, 9.17) is 4.74 Å². The molecule has 0 radical (unpaired) electrons. The van der Waals surface area contributed by atoms with Crippen LogP contribution in [0.1, 0.15) is 27.7 Å². The van der Waals surface area contributed by atoms with Crippen LogP contribution in [0.2, 0.25) is 0 Å². The molecule has 2 aromatic rings. The van der Waals surface area contributed by atoms with Crippen LogP contribution >= 0.6 is 0 Å². The van der Waals surface area contributed by atoms with E-state index < -0.39 is 0 Å². The van der Waals surface area contributed by atoms with Crippen molar-refractivity contribution in [3.8, 4) is 11.5 Å². The SMILES string of the molecule is CC(C)N(C)c1cccc(Oc2cccc(N(C)C(C)C)c2)c1. The van der Waals surface area contributed by atoms with Gasteiger partial charge in [0.15, 0.2) is 0 Å². The highest BCUT2D eigenvalue weighted by molar-refractivity contribution is 5.54. The van der Waals surface area contributed by atoms with Crippen LogP contribution in [0.15, 0.2) is 48.5 Å². The zero-order chi connectivity index (χ0) is 17.0. The van der Waals surface area contributed by atoms with Crippen LogP contribution in [0.4, 0.5) is 11.4 Å². The van der Waals surface area contributed by atoms with Gasteiger partial charge in [-0.05, 0) is 52.0 Å². The summed E-state index contributed by atoms with van der Waals surface area (Å²) in [5, 5.41) is 0. The molecule has 0 saturated heterocycles. The maximum atomic E-state index is 6.07. The number of benzene rings is 2. The summed E-state index contributed by atoms with van der Waals surface area (Å²) in [6.45, 7) is 8.72. The van der Waals surface area contributed by atoms with E-state index in [2.05, 4.69) is 75.9 Å². The van der Waals surface area contributed by atoms with E-state index >= 15 is 0 Å². The maximum Gasteiger partial charge on any atom is 0.129 e. The summed E-state index contributed by atoms with van der Waals surface area (Å²) in [6, 6.07) is 17.3. The second kappa shape index (κ2) is 7.40. The van der Waals surface area contributed by atoms with Crippen LogP contribution in [0, 0.1) is 0 Å². The first kappa shape index (κ1) is 17.2. The molecule has 0 spiro atoms. The van der Waals surface area contributed by atoms with Gasteiger partial charge in [-0.3, -0.25) is 0 Å². The van der Waals surface area contributed by atoms with Crippen molar-refractivity contribution >= 4 is 11.4 Å². The van der Waals surface area contributed by atoms with E-state index in [0.29, 0.717) is 12.1 Å². The van der Waals surface area contributed by atoms with Gasteiger partial charge in [-0.25, -0.2) is 0 Å². The summed E-state index contributed by atoms with van der Waals surface area (Å²) in [6.07, 6.45) is 0. The normalized spacial score (nSPS) is 11.0. The van der Waals surface area contributed by atoms with Crippen LogP contribution in [0.5, 0.6) is 11.5 Å². The highest BCUT2D eigenvalue weighted by Crippen LogP contribution is 2.29. The van der Waals surface area contributed by atoms with Crippen molar-refractivity contribution in [3.05, 3.63) is 48.5 Å². The maximum absolute atomic E-state index is 6.07. The highest BCUT2D eigenvalue weighted by Gasteiger charge is 2.08. The van der Waals surface area contributed by atoms with Crippen molar-refractivity contribution in [1.82, 2.24) is 0 Å². The van der Waals surface area contributed by atoms with E-state index in [1.807, 2.05) is 24.3 Å². The lowest BCUT2D eigenvalue weighted by Crippen LogP contribution is -2.25. The molecule has 0 aliphatic carbocycles. The highest BCUT2D eigenvalue weighted by atomic mass is 16.5. The molecule has 3 heteroatoms. The van der Waals surface area contributed by atoms with Gasteiger partial charge in [0.1, 0.15) is 11.5 Å². The average Bonchev–Trinajstić information content (AvgIpc) is 2.53. The summed E-state index contributed by atoms with van der Waals surface area (Å²) in [4.78, 5) is 4.46. The third-order valence-electron chi connectivity index (χ3n) is 4.23. The number of ether oxygens (including phenoxy) is 1. The molecule has 0 bridgehead atoms. The lowest BCUT2D eigenvalue weighted by molar-refractivity contribution is 0.482. The Balaban J connectivity index is 2.19. The first-order chi connectivity index (χ1) is 10.9. The molecule has 23 heavy (non-hydrogen) atoms. The zero-order valence-corrected chi connectivity index (χ0v) is 15.1. The third kappa shape index (κ3) is 4.41. The van der Waals surface area contributed by atoms with E-state index in [-0.39, 0.29) is 0 Å². The van der Waals surface area contributed by atoms with Gasteiger partial charge in [0.2, 0.25) is 0 Å². The fraction of sp³-hybridized carbons (Fsp3) is 0.400. The van der Waals surface area contributed by atoms with E-state index in [1.165, 1.54) is 0 Å². The Bertz CT molecular complexity index is 582. The minimum absolute atomic E-state index is 0.452. The molecule has 0 unspecified atom stereocenters. The number of anilines is 2. The Morgan fingerprint density at radius 2 is 1.09 bits per heavy atom. The van der Waals surface area contributed by atoms with Crippen molar-refractivity contribution in [2.75, 3.05) is 23.9 Å². The quantitative estimate of drug-likeness (QED) is 0.732. The van der Waals surface area contributed by atoms with E-state index in [9.17, 15) is 0 Å². The van der Waals surface area contributed by atoms with Crippen molar-refractivity contribution < 1.29 is 4.74 Å². The Morgan fingerprint density at radius 3 is 1.43 bits per heavy atom. The summed E-state index contributed by atoms with van der Waals surface area (Å²) in [7, 11) is 4.20. The van der Waals surface area contributed by atoms with Crippen molar-refractivity contribution in [2.45, 2.75) is 39.8 Å². The van der Waals surface area contributed by atoms with Crippen molar-refractivity contribution in [1.29, 1.82) is 0 Å². The van der Waals surface area contributed by atoms with Gasteiger partial charge in [0.25, 0.3) is 0 Å². The minimum atomic E-state index is 0.452. The molecule has 124 valence electrons. The van der Waals surface area contributed by atoms with Crippen LogP contribution in [-0.2, 0) is 0 Å². The van der Waals surface area contributed by atoms with Crippen LogP contribution in [0.25, 0.3) is 0 Å². The molecule has 0 aromatic heterocycles. The summed E-state index contributed by atoms with van der Waals surface area (Å²) in [5.74, 6) is 1.72. The number of hydrogen-bond acceptors (Lipinski definition) is 3. The van der Waals surface area contributed by atoms with Gasteiger partial charge in [0, 0.05) is 49.7 Å². The van der Waals surface area contributed by atoms with Gasteiger partial charge >= 0.3 is 0 Å². The second-order valence-electron chi connectivity index (χ2n) is 6.51. The average molecular weight is 312 g/mol. The smallest absolute Gasteiger partial charge is 0.129 e. The molecule has 0 amide bonds. The molecule has 0 N–H and O–H groups in total. The van der Waals surface area contributed by atoms with Gasteiger partial charge in [-0.15, -0.1) is 0 Å². The van der Waals surface area contributed by atoms with Crippen LogP contribution in [0.3, 0.4) is 0 Å². The Labute approximate surface area is 140 Å². The fourth-order valence-electron chi connectivity index (χ4n) is 2.27. The molecule has 2 aromatic carbocycles. The second-order valence-corrected chi connectivity index (χ2v) is 6.51. The Kier molecular flexibility index (Phi) is 5.54. The molecule has 0 fully saturated rings. The molecule has 2 rings (SSSR count).